The maximum absolute atomic E-state index is 12.7. The van der Waals surface area contributed by atoms with E-state index in [1.807, 2.05) is 48.6 Å². The number of esters is 3. The summed E-state index contributed by atoms with van der Waals surface area (Å²) in [5, 5.41) is 0. The van der Waals surface area contributed by atoms with Crippen LogP contribution in [0.4, 0.5) is 0 Å². The molecule has 1 atom stereocenters. The molecule has 6 heteroatoms. The smallest absolute Gasteiger partial charge is 0.306 e. The first-order valence-corrected chi connectivity index (χ1v) is 24.3. The Labute approximate surface area is 368 Å². The van der Waals surface area contributed by atoms with Crippen molar-refractivity contribution in [3.63, 3.8) is 0 Å². The number of unbranched alkanes of at least 4 members (excludes halogenated alkanes) is 20. The van der Waals surface area contributed by atoms with Crippen molar-refractivity contribution >= 4 is 17.9 Å². The van der Waals surface area contributed by atoms with Gasteiger partial charge < -0.3 is 14.2 Å². The Morgan fingerprint density at radius 2 is 0.683 bits per heavy atom. The molecule has 60 heavy (non-hydrogen) atoms. The highest BCUT2D eigenvalue weighted by Crippen LogP contribution is 2.12. The van der Waals surface area contributed by atoms with Crippen LogP contribution in [-0.2, 0) is 28.6 Å². The van der Waals surface area contributed by atoms with Gasteiger partial charge in [0.1, 0.15) is 13.2 Å². The molecule has 0 bridgehead atoms. The summed E-state index contributed by atoms with van der Waals surface area (Å²) in [7, 11) is 0. The largest absolute Gasteiger partial charge is 0.462 e. The van der Waals surface area contributed by atoms with Crippen molar-refractivity contribution in [2.45, 2.75) is 213 Å². The standard InChI is InChI=1S/C54H88O6/c1-4-7-10-13-16-19-21-23-25-26-27-29-30-32-35-38-41-44-47-53(56)59-50-51(49-58-52(55)46-43-40-37-34-18-15-12-9-6-3)60-54(57)48-45-42-39-36-33-31-28-24-22-20-17-14-11-8-5-2/h8,11,14,17,20,22,24-29,31,33-34,37,51H,4-7,9-10,12-13,15-16,18-19,21,23,30,32,35-36,38-50H2,1-3H3/b11-8-,17-14-,22-20-,26-25-,28-24-,29-27-,33-31-,37-34-. The van der Waals surface area contributed by atoms with Gasteiger partial charge in [-0.25, -0.2) is 0 Å². The van der Waals surface area contributed by atoms with Gasteiger partial charge in [-0.1, -0.05) is 201 Å². The molecule has 0 saturated carbocycles. The van der Waals surface area contributed by atoms with Crippen LogP contribution in [-0.4, -0.2) is 37.2 Å². The Morgan fingerprint density at radius 1 is 0.350 bits per heavy atom. The Kier molecular flexibility index (Phi) is 45.1. The van der Waals surface area contributed by atoms with Crippen LogP contribution in [0.3, 0.4) is 0 Å². The molecule has 0 amide bonds. The zero-order chi connectivity index (χ0) is 43.7. The molecule has 0 aliphatic rings. The van der Waals surface area contributed by atoms with Crippen molar-refractivity contribution in [2.75, 3.05) is 13.2 Å². The lowest BCUT2D eigenvalue weighted by atomic mass is 10.1. The Balaban J connectivity index is 4.47. The fraction of sp³-hybridized carbons (Fsp3) is 0.648. The minimum Gasteiger partial charge on any atom is -0.462 e. The van der Waals surface area contributed by atoms with Gasteiger partial charge in [0.05, 0.1) is 0 Å². The molecule has 0 radical (unpaired) electrons. The van der Waals surface area contributed by atoms with E-state index in [1.165, 1.54) is 77.0 Å². The number of carbonyl (C=O) groups excluding carboxylic acids is 3. The zero-order valence-electron chi connectivity index (χ0n) is 38.7. The quantitative estimate of drug-likeness (QED) is 0.0200. The normalized spacial score (nSPS) is 12.9. The highest BCUT2D eigenvalue weighted by molar-refractivity contribution is 5.71. The number of hydrogen-bond acceptors (Lipinski definition) is 6. The van der Waals surface area contributed by atoms with Gasteiger partial charge in [-0.05, 0) is 83.5 Å². The predicted molar refractivity (Wildman–Crippen MR) is 256 cm³/mol. The summed E-state index contributed by atoms with van der Waals surface area (Å²) < 4.78 is 16.6. The summed E-state index contributed by atoms with van der Waals surface area (Å²) in [4.78, 5) is 37.8. The first kappa shape index (κ1) is 56.3. The summed E-state index contributed by atoms with van der Waals surface area (Å²) >= 11 is 0. The van der Waals surface area contributed by atoms with Crippen LogP contribution < -0.4 is 0 Å². The van der Waals surface area contributed by atoms with Crippen LogP contribution in [0.25, 0.3) is 0 Å². The van der Waals surface area contributed by atoms with E-state index in [-0.39, 0.29) is 37.5 Å². The zero-order valence-corrected chi connectivity index (χ0v) is 38.7. The number of ether oxygens (including phenoxy) is 3. The third-order valence-electron chi connectivity index (χ3n) is 9.95. The average Bonchev–Trinajstić information content (AvgIpc) is 3.24. The van der Waals surface area contributed by atoms with E-state index < -0.39 is 6.10 Å². The Hall–Kier alpha value is -3.67. The minimum absolute atomic E-state index is 0.113. The molecular weight excluding hydrogens is 745 g/mol. The average molecular weight is 833 g/mol. The lowest BCUT2D eigenvalue weighted by Crippen LogP contribution is -2.30. The third-order valence-corrected chi connectivity index (χ3v) is 9.95. The van der Waals surface area contributed by atoms with E-state index >= 15 is 0 Å². The first-order valence-electron chi connectivity index (χ1n) is 24.3. The molecule has 0 aromatic rings. The monoisotopic (exact) mass is 833 g/mol. The molecule has 340 valence electrons. The SMILES string of the molecule is CC\C=C/C=C\C=C/C=C\C=C/CCCCCC(=O)OC(COC(=O)CCC/C=C\CCCCCC)COC(=O)CCCCCCC/C=C\C=C/CCCCCCCCC. The van der Waals surface area contributed by atoms with Crippen LogP contribution in [0.2, 0.25) is 0 Å². The van der Waals surface area contributed by atoms with Crippen LogP contribution in [0.15, 0.2) is 97.2 Å². The van der Waals surface area contributed by atoms with E-state index in [1.54, 1.807) is 0 Å². The van der Waals surface area contributed by atoms with Crippen molar-refractivity contribution in [1.82, 2.24) is 0 Å². The second-order valence-electron chi connectivity index (χ2n) is 15.8. The van der Waals surface area contributed by atoms with Crippen molar-refractivity contribution in [3.8, 4) is 0 Å². The van der Waals surface area contributed by atoms with E-state index in [2.05, 4.69) is 69.4 Å². The number of hydrogen-bond donors (Lipinski definition) is 0. The summed E-state index contributed by atoms with van der Waals surface area (Å²) in [6.45, 7) is 6.36. The molecule has 0 saturated heterocycles. The molecule has 0 N–H and O–H groups in total. The minimum atomic E-state index is -0.816. The van der Waals surface area contributed by atoms with Crippen molar-refractivity contribution in [3.05, 3.63) is 97.2 Å². The second kappa shape index (κ2) is 48.0. The van der Waals surface area contributed by atoms with Gasteiger partial charge in [0, 0.05) is 19.3 Å². The first-order chi connectivity index (χ1) is 29.5. The third kappa shape index (κ3) is 45.4. The van der Waals surface area contributed by atoms with Crippen molar-refractivity contribution in [2.24, 2.45) is 0 Å². The molecule has 0 spiro atoms. The Morgan fingerprint density at radius 3 is 1.18 bits per heavy atom. The van der Waals surface area contributed by atoms with Gasteiger partial charge in [0.15, 0.2) is 6.10 Å². The van der Waals surface area contributed by atoms with Gasteiger partial charge in [0.2, 0.25) is 0 Å². The van der Waals surface area contributed by atoms with Crippen LogP contribution in [0.1, 0.15) is 207 Å². The van der Waals surface area contributed by atoms with Crippen LogP contribution in [0.5, 0.6) is 0 Å². The van der Waals surface area contributed by atoms with E-state index in [0.717, 1.165) is 77.0 Å². The summed E-state index contributed by atoms with van der Waals surface area (Å²) in [5.74, 6) is -1.01. The van der Waals surface area contributed by atoms with Gasteiger partial charge in [-0.2, -0.15) is 0 Å². The van der Waals surface area contributed by atoms with E-state index in [0.29, 0.717) is 25.7 Å². The van der Waals surface area contributed by atoms with E-state index in [4.69, 9.17) is 14.2 Å². The van der Waals surface area contributed by atoms with Crippen LogP contribution in [0, 0.1) is 0 Å². The summed E-state index contributed by atoms with van der Waals surface area (Å²) in [6, 6.07) is 0. The van der Waals surface area contributed by atoms with Gasteiger partial charge in [0.25, 0.3) is 0 Å². The molecule has 1 unspecified atom stereocenters. The predicted octanol–water partition coefficient (Wildman–Crippen LogP) is 15.8. The number of rotatable bonds is 42. The maximum Gasteiger partial charge on any atom is 0.306 e. The molecule has 0 aromatic heterocycles. The van der Waals surface area contributed by atoms with Gasteiger partial charge >= 0.3 is 17.9 Å². The molecular formula is C54H88O6. The fourth-order valence-electron chi connectivity index (χ4n) is 6.28. The van der Waals surface area contributed by atoms with Crippen molar-refractivity contribution < 1.29 is 28.6 Å². The number of allylic oxidation sites excluding steroid dienone is 16. The highest BCUT2D eigenvalue weighted by Gasteiger charge is 2.19. The van der Waals surface area contributed by atoms with Crippen molar-refractivity contribution in [1.29, 1.82) is 0 Å². The highest BCUT2D eigenvalue weighted by atomic mass is 16.6. The topological polar surface area (TPSA) is 78.9 Å². The molecule has 0 aliphatic carbocycles. The second-order valence-corrected chi connectivity index (χ2v) is 15.8. The van der Waals surface area contributed by atoms with Gasteiger partial charge in [-0.3, -0.25) is 14.4 Å². The molecule has 0 aliphatic heterocycles. The lowest BCUT2D eigenvalue weighted by molar-refractivity contribution is -0.167. The molecule has 0 rings (SSSR count). The molecule has 0 aromatic carbocycles. The number of carbonyl (C=O) groups is 3. The van der Waals surface area contributed by atoms with Gasteiger partial charge in [-0.15, -0.1) is 0 Å². The molecule has 0 fully saturated rings. The fourth-order valence-corrected chi connectivity index (χ4v) is 6.28. The molecule has 6 nitrogen and oxygen atoms in total. The maximum atomic E-state index is 12.7. The molecule has 0 heterocycles. The van der Waals surface area contributed by atoms with Crippen LogP contribution >= 0.6 is 0 Å². The summed E-state index contributed by atoms with van der Waals surface area (Å²) in [5.41, 5.74) is 0. The lowest BCUT2D eigenvalue weighted by Gasteiger charge is -2.18. The summed E-state index contributed by atoms with van der Waals surface area (Å²) in [6.07, 6.45) is 62.6. The Bertz CT molecular complexity index is 1230. The van der Waals surface area contributed by atoms with E-state index in [9.17, 15) is 14.4 Å².